The van der Waals surface area contributed by atoms with Gasteiger partial charge in [0.2, 0.25) is 11.2 Å². The van der Waals surface area contributed by atoms with Crippen molar-refractivity contribution < 1.29 is 13.9 Å². The lowest BCUT2D eigenvalue weighted by molar-refractivity contribution is 0.398. The number of methoxy groups -OCH3 is 2. The van der Waals surface area contributed by atoms with Crippen LogP contribution in [0.15, 0.2) is 62.2 Å². The lowest BCUT2D eigenvalue weighted by Crippen LogP contribution is -2.18. The molecule has 4 rings (SSSR count). The molecular formula is C25H27BrCl2N2O4. The second-order valence-electron chi connectivity index (χ2n) is 7.42. The molecule has 182 valence electrons. The van der Waals surface area contributed by atoms with Crippen LogP contribution in [-0.4, -0.2) is 27.3 Å². The first-order chi connectivity index (χ1) is 15.6. The Morgan fingerprint density at radius 3 is 2.53 bits per heavy atom. The first kappa shape index (κ1) is 28.0. The Kier molecular flexibility index (Phi) is 10.2. The van der Waals surface area contributed by atoms with Crippen LogP contribution in [0.25, 0.3) is 33.1 Å². The standard InChI is InChI=1S/C25H25BrN2O4.2ClH/c1-30-20-10-8-15-13-16(7-9-18(15)21(20)26)24-25(31-2)22(29)19-6-3-5-17(23(19)32-24)14-28-12-4-11-27;;/h3,5-10,13,28H,4,11-12,14,27H2,1-2H3;2*1H. The lowest BCUT2D eigenvalue weighted by Gasteiger charge is -2.13. The van der Waals surface area contributed by atoms with Gasteiger partial charge in [-0.25, -0.2) is 0 Å². The fourth-order valence-electron chi connectivity index (χ4n) is 3.79. The summed E-state index contributed by atoms with van der Waals surface area (Å²) in [6.45, 7) is 2.00. The van der Waals surface area contributed by atoms with Crippen LogP contribution in [0.2, 0.25) is 0 Å². The van der Waals surface area contributed by atoms with E-state index in [1.54, 1.807) is 13.2 Å². The molecule has 0 spiro atoms. The summed E-state index contributed by atoms with van der Waals surface area (Å²) in [6, 6.07) is 15.3. The molecule has 0 amide bonds. The molecule has 3 aromatic carbocycles. The minimum Gasteiger partial charge on any atom is -0.496 e. The summed E-state index contributed by atoms with van der Waals surface area (Å²) in [7, 11) is 3.12. The molecule has 0 saturated heterocycles. The highest BCUT2D eigenvalue weighted by atomic mass is 79.9. The van der Waals surface area contributed by atoms with Crippen molar-refractivity contribution in [3.63, 3.8) is 0 Å². The Labute approximate surface area is 218 Å². The SMILES string of the molecule is COc1ccc2cc(-c3oc4c(CNCCCN)cccc4c(=O)c3OC)ccc2c1Br.Cl.Cl. The predicted octanol–water partition coefficient (Wildman–Crippen LogP) is 5.67. The maximum Gasteiger partial charge on any atom is 0.235 e. The Morgan fingerprint density at radius 1 is 1.03 bits per heavy atom. The Hall–Kier alpha value is -2.29. The largest absolute Gasteiger partial charge is 0.496 e. The maximum absolute atomic E-state index is 13.2. The average Bonchev–Trinajstić information content (AvgIpc) is 2.82. The molecule has 1 aromatic heterocycles. The summed E-state index contributed by atoms with van der Waals surface area (Å²) in [5.41, 5.74) is 7.62. The van der Waals surface area contributed by atoms with Crippen LogP contribution in [0.4, 0.5) is 0 Å². The maximum atomic E-state index is 13.2. The van der Waals surface area contributed by atoms with Gasteiger partial charge in [-0.3, -0.25) is 4.79 Å². The molecule has 0 aliphatic carbocycles. The van der Waals surface area contributed by atoms with E-state index in [-0.39, 0.29) is 36.0 Å². The summed E-state index contributed by atoms with van der Waals surface area (Å²) in [5.74, 6) is 1.36. The minimum absolute atomic E-state index is 0. The van der Waals surface area contributed by atoms with Crippen molar-refractivity contribution >= 4 is 62.5 Å². The van der Waals surface area contributed by atoms with Gasteiger partial charge in [0, 0.05) is 17.7 Å². The molecule has 0 aliphatic heterocycles. The highest BCUT2D eigenvalue weighted by Gasteiger charge is 2.19. The van der Waals surface area contributed by atoms with E-state index in [0.717, 1.165) is 45.1 Å². The van der Waals surface area contributed by atoms with Crippen LogP contribution in [0, 0.1) is 0 Å². The van der Waals surface area contributed by atoms with E-state index in [9.17, 15) is 4.79 Å². The molecule has 0 saturated carbocycles. The van der Waals surface area contributed by atoms with Crippen LogP contribution in [0.5, 0.6) is 11.5 Å². The van der Waals surface area contributed by atoms with E-state index in [1.165, 1.54) is 7.11 Å². The van der Waals surface area contributed by atoms with Crippen molar-refractivity contribution in [2.75, 3.05) is 27.3 Å². The van der Waals surface area contributed by atoms with Crippen molar-refractivity contribution in [1.82, 2.24) is 5.32 Å². The fraction of sp³-hybridized carbons (Fsp3) is 0.240. The zero-order valence-electron chi connectivity index (χ0n) is 18.9. The molecular weight excluding hydrogens is 543 g/mol. The van der Waals surface area contributed by atoms with E-state index in [2.05, 4.69) is 21.2 Å². The topological polar surface area (TPSA) is 86.7 Å². The van der Waals surface area contributed by atoms with E-state index in [4.69, 9.17) is 19.6 Å². The van der Waals surface area contributed by atoms with Gasteiger partial charge in [0.25, 0.3) is 0 Å². The molecule has 0 unspecified atom stereocenters. The van der Waals surface area contributed by atoms with Gasteiger partial charge < -0.3 is 24.9 Å². The zero-order valence-corrected chi connectivity index (χ0v) is 22.1. The van der Waals surface area contributed by atoms with E-state index in [1.807, 2.05) is 42.5 Å². The molecule has 3 N–H and O–H groups in total. The van der Waals surface area contributed by atoms with Crippen molar-refractivity contribution in [2.45, 2.75) is 13.0 Å². The van der Waals surface area contributed by atoms with Gasteiger partial charge in [-0.05, 0) is 64.4 Å². The van der Waals surface area contributed by atoms with E-state index in [0.29, 0.717) is 29.8 Å². The predicted molar refractivity (Wildman–Crippen MR) is 146 cm³/mol. The fourth-order valence-corrected chi connectivity index (χ4v) is 4.45. The molecule has 0 bridgehead atoms. The first-order valence-corrected chi connectivity index (χ1v) is 11.2. The highest BCUT2D eigenvalue weighted by molar-refractivity contribution is 9.10. The molecule has 0 fully saturated rings. The number of nitrogens with two attached hydrogens (primary N) is 1. The Balaban J connectivity index is 0.00000204. The summed E-state index contributed by atoms with van der Waals surface area (Å²) < 4.78 is 18.1. The molecule has 0 radical (unpaired) electrons. The number of rotatable bonds is 8. The molecule has 0 atom stereocenters. The minimum atomic E-state index is -0.191. The van der Waals surface area contributed by atoms with Crippen molar-refractivity contribution in [2.24, 2.45) is 5.73 Å². The van der Waals surface area contributed by atoms with Crippen molar-refractivity contribution in [1.29, 1.82) is 0 Å². The van der Waals surface area contributed by atoms with Gasteiger partial charge in [-0.15, -0.1) is 24.8 Å². The second kappa shape index (κ2) is 12.4. The van der Waals surface area contributed by atoms with Crippen molar-refractivity contribution in [3.8, 4) is 22.8 Å². The number of hydrogen-bond donors (Lipinski definition) is 2. The van der Waals surface area contributed by atoms with Crippen LogP contribution >= 0.6 is 40.7 Å². The highest BCUT2D eigenvalue weighted by Crippen LogP contribution is 2.37. The van der Waals surface area contributed by atoms with E-state index < -0.39 is 0 Å². The molecule has 34 heavy (non-hydrogen) atoms. The van der Waals surface area contributed by atoms with Gasteiger partial charge >= 0.3 is 0 Å². The van der Waals surface area contributed by atoms with Crippen molar-refractivity contribution in [3.05, 3.63) is 68.8 Å². The molecule has 6 nitrogen and oxygen atoms in total. The normalized spacial score (nSPS) is 10.6. The number of fused-ring (bicyclic) bond motifs is 2. The number of para-hydroxylation sites is 1. The summed E-state index contributed by atoms with van der Waals surface area (Å²) in [6.07, 6.45) is 0.880. The van der Waals surface area contributed by atoms with Crippen LogP contribution in [0.1, 0.15) is 12.0 Å². The lowest BCUT2D eigenvalue weighted by atomic mass is 10.0. The quantitative estimate of drug-likeness (QED) is 0.266. The van der Waals surface area contributed by atoms with Crippen LogP contribution in [0.3, 0.4) is 0 Å². The van der Waals surface area contributed by atoms with Gasteiger partial charge in [0.1, 0.15) is 11.3 Å². The number of benzene rings is 3. The third-order valence-corrected chi connectivity index (χ3v) is 6.25. The van der Waals surface area contributed by atoms with Gasteiger partial charge in [0.15, 0.2) is 5.76 Å². The zero-order chi connectivity index (χ0) is 22.7. The summed E-state index contributed by atoms with van der Waals surface area (Å²) in [4.78, 5) is 13.2. The average molecular weight is 570 g/mol. The Bertz CT molecular complexity index is 1340. The number of halogens is 3. The number of hydrogen-bond acceptors (Lipinski definition) is 6. The van der Waals surface area contributed by atoms with Gasteiger partial charge in [-0.1, -0.05) is 30.3 Å². The van der Waals surface area contributed by atoms with Gasteiger partial charge in [-0.2, -0.15) is 0 Å². The van der Waals surface area contributed by atoms with Gasteiger partial charge in [0.05, 0.1) is 24.1 Å². The van der Waals surface area contributed by atoms with Crippen LogP contribution < -0.4 is 26.0 Å². The van der Waals surface area contributed by atoms with Crippen LogP contribution in [-0.2, 0) is 6.54 Å². The number of nitrogens with one attached hydrogen (secondary N) is 1. The molecule has 1 heterocycles. The molecule has 0 aliphatic rings. The molecule has 4 aromatic rings. The smallest absolute Gasteiger partial charge is 0.235 e. The number of ether oxygens (including phenoxy) is 2. The molecule has 9 heteroatoms. The third kappa shape index (κ3) is 5.34. The summed E-state index contributed by atoms with van der Waals surface area (Å²) >= 11 is 3.60. The van der Waals surface area contributed by atoms with E-state index >= 15 is 0 Å². The third-order valence-electron chi connectivity index (χ3n) is 5.44. The monoisotopic (exact) mass is 568 g/mol. The Morgan fingerprint density at radius 2 is 1.82 bits per heavy atom. The second-order valence-corrected chi connectivity index (χ2v) is 8.22. The summed E-state index contributed by atoms with van der Waals surface area (Å²) in [5, 5.41) is 5.83. The first-order valence-electron chi connectivity index (χ1n) is 10.4.